The minimum atomic E-state index is -0.917. The first kappa shape index (κ1) is 13.1. The topological polar surface area (TPSA) is 40.5 Å². The number of halogens is 1. The lowest BCUT2D eigenvalue weighted by Gasteiger charge is -2.30. The summed E-state index contributed by atoms with van der Waals surface area (Å²) in [7, 11) is 0. The van der Waals surface area contributed by atoms with Crippen molar-refractivity contribution in [3.05, 3.63) is 34.3 Å². The van der Waals surface area contributed by atoms with Crippen LogP contribution in [0.1, 0.15) is 24.8 Å². The Morgan fingerprint density at radius 1 is 1.28 bits per heavy atom. The second-order valence-corrected chi connectivity index (χ2v) is 5.34. The molecule has 18 heavy (non-hydrogen) atoms. The Morgan fingerprint density at radius 2 is 2.00 bits per heavy atom. The fourth-order valence-corrected chi connectivity index (χ4v) is 2.62. The highest BCUT2D eigenvalue weighted by molar-refractivity contribution is 9.10. The summed E-state index contributed by atoms with van der Waals surface area (Å²) in [5.41, 5.74) is 2.07. The average Bonchev–Trinajstić information content (AvgIpc) is 2.37. The average molecular weight is 310 g/mol. The smallest absolute Gasteiger partial charge is 0.328 e. The summed E-state index contributed by atoms with van der Waals surface area (Å²) >= 11 is 3.43. The molecule has 1 aromatic rings. The predicted molar refractivity (Wildman–Crippen MR) is 76.9 cm³/mol. The first-order valence-electron chi connectivity index (χ1n) is 6.12. The normalized spacial score (nSPS) is 16.2. The molecule has 2 rings (SSSR count). The molecule has 4 heteroatoms. The summed E-state index contributed by atoms with van der Waals surface area (Å²) < 4.78 is 0.966. The number of aliphatic carboxylic acids is 1. The quantitative estimate of drug-likeness (QED) is 0.868. The van der Waals surface area contributed by atoms with Gasteiger partial charge in [0.05, 0.1) is 0 Å². The number of piperidine rings is 1. The number of carboxylic acid groups (broad SMARTS) is 1. The number of benzene rings is 1. The highest BCUT2D eigenvalue weighted by Gasteiger charge is 2.13. The van der Waals surface area contributed by atoms with E-state index < -0.39 is 5.97 Å². The van der Waals surface area contributed by atoms with Gasteiger partial charge in [0.25, 0.3) is 0 Å². The van der Waals surface area contributed by atoms with Crippen LogP contribution in [0.2, 0.25) is 0 Å². The molecule has 0 radical (unpaired) electrons. The molecule has 0 atom stereocenters. The molecule has 3 nitrogen and oxygen atoms in total. The van der Waals surface area contributed by atoms with Crippen LogP contribution in [-0.4, -0.2) is 24.2 Å². The molecule has 1 aromatic carbocycles. The molecular formula is C14H16BrNO2. The standard InChI is InChI=1S/C14H16BrNO2/c15-12-5-6-13(16-8-2-1-3-9-16)11(10-12)4-7-14(17)18/h4-7,10H,1-3,8-9H2,(H,17,18)/b7-4+. The molecule has 0 amide bonds. The van der Waals surface area contributed by atoms with Crippen molar-refractivity contribution in [2.75, 3.05) is 18.0 Å². The van der Waals surface area contributed by atoms with E-state index in [0.717, 1.165) is 28.8 Å². The Hall–Kier alpha value is -1.29. The van der Waals surface area contributed by atoms with Gasteiger partial charge >= 0.3 is 5.97 Å². The second-order valence-electron chi connectivity index (χ2n) is 4.42. The molecule has 96 valence electrons. The summed E-state index contributed by atoms with van der Waals surface area (Å²) in [5, 5.41) is 8.73. The number of anilines is 1. The van der Waals surface area contributed by atoms with Gasteiger partial charge in [-0.3, -0.25) is 0 Å². The van der Waals surface area contributed by atoms with Crippen molar-refractivity contribution in [1.82, 2.24) is 0 Å². The molecular weight excluding hydrogens is 294 g/mol. The van der Waals surface area contributed by atoms with Crippen LogP contribution in [-0.2, 0) is 4.79 Å². The maximum atomic E-state index is 10.6. The molecule has 0 aliphatic carbocycles. The van der Waals surface area contributed by atoms with E-state index in [1.165, 1.54) is 25.3 Å². The van der Waals surface area contributed by atoms with E-state index in [9.17, 15) is 4.79 Å². The SMILES string of the molecule is O=C(O)/C=C/c1cc(Br)ccc1N1CCCCC1. The van der Waals surface area contributed by atoms with Crippen LogP contribution in [0.3, 0.4) is 0 Å². The fourth-order valence-electron chi connectivity index (χ4n) is 2.24. The van der Waals surface area contributed by atoms with Crippen LogP contribution < -0.4 is 4.90 Å². The molecule has 1 saturated heterocycles. The lowest BCUT2D eigenvalue weighted by Crippen LogP contribution is -2.29. The number of rotatable bonds is 3. The van der Waals surface area contributed by atoms with E-state index in [-0.39, 0.29) is 0 Å². The molecule has 0 saturated carbocycles. The number of hydrogen-bond donors (Lipinski definition) is 1. The molecule has 0 unspecified atom stereocenters. The monoisotopic (exact) mass is 309 g/mol. The number of carbonyl (C=O) groups is 1. The van der Waals surface area contributed by atoms with Gasteiger partial charge in [-0.05, 0) is 49.1 Å². The lowest BCUT2D eigenvalue weighted by atomic mass is 10.1. The van der Waals surface area contributed by atoms with Crippen LogP contribution in [0.5, 0.6) is 0 Å². The third-order valence-electron chi connectivity index (χ3n) is 3.09. The maximum Gasteiger partial charge on any atom is 0.328 e. The Bertz CT molecular complexity index is 465. The van der Waals surface area contributed by atoms with E-state index in [2.05, 4.69) is 26.9 Å². The number of nitrogens with zero attached hydrogens (tertiary/aromatic N) is 1. The van der Waals surface area contributed by atoms with Gasteiger partial charge in [-0.2, -0.15) is 0 Å². The minimum absolute atomic E-state index is 0.917. The zero-order valence-corrected chi connectivity index (χ0v) is 11.7. The van der Waals surface area contributed by atoms with Gasteiger partial charge in [0.15, 0.2) is 0 Å². The van der Waals surface area contributed by atoms with Gasteiger partial charge in [0, 0.05) is 29.3 Å². The lowest BCUT2D eigenvalue weighted by molar-refractivity contribution is -0.131. The number of carboxylic acids is 1. The van der Waals surface area contributed by atoms with E-state index in [1.807, 2.05) is 12.1 Å². The van der Waals surface area contributed by atoms with Crippen molar-refractivity contribution >= 4 is 33.7 Å². The summed E-state index contributed by atoms with van der Waals surface area (Å²) in [6, 6.07) is 6.02. The van der Waals surface area contributed by atoms with E-state index in [4.69, 9.17) is 5.11 Å². The van der Waals surface area contributed by atoms with Crippen molar-refractivity contribution in [2.24, 2.45) is 0 Å². The van der Waals surface area contributed by atoms with E-state index in [0.29, 0.717) is 0 Å². The molecule has 0 aromatic heterocycles. The van der Waals surface area contributed by atoms with Gasteiger partial charge < -0.3 is 10.0 Å². The Morgan fingerprint density at radius 3 is 2.67 bits per heavy atom. The third kappa shape index (κ3) is 3.35. The predicted octanol–water partition coefficient (Wildman–Crippen LogP) is 3.54. The Labute approximate surface area is 115 Å². The van der Waals surface area contributed by atoms with Gasteiger partial charge in [-0.15, -0.1) is 0 Å². The molecule has 1 heterocycles. The van der Waals surface area contributed by atoms with Gasteiger partial charge in [0.1, 0.15) is 0 Å². The summed E-state index contributed by atoms with van der Waals surface area (Å²) in [6.45, 7) is 2.10. The highest BCUT2D eigenvalue weighted by atomic mass is 79.9. The minimum Gasteiger partial charge on any atom is -0.478 e. The summed E-state index contributed by atoms with van der Waals surface area (Å²) in [4.78, 5) is 13.0. The van der Waals surface area contributed by atoms with Gasteiger partial charge in [-0.25, -0.2) is 4.79 Å². The van der Waals surface area contributed by atoms with Gasteiger partial charge in [-0.1, -0.05) is 15.9 Å². The van der Waals surface area contributed by atoms with Gasteiger partial charge in [0.2, 0.25) is 0 Å². The second kappa shape index (κ2) is 6.05. The van der Waals surface area contributed by atoms with Crippen molar-refractivity contribution in [1.29, 1.82) is 0 Å². The zero-order valence-electron chi connectivity index (χ0n) is 10.1. The van der Waals surface area contributed by atoms with Crippen LogP contribution in [0, 0.1) is 0 Å². The van der Waals surface area contributed by atoms with Crippen LogP contribution >= 0.6 is 15.9 Å². The summed E-state index contributed by atoms with van der Waals surface area (Å²) in [6.07, 6.45) is 6.55. The molecule has 0 spiro atoms. The van der Waals surface area contributed by atoms with Crippen molar-refractivity contribution in [2.45, 2.75) is 19.3 Å². The van der Waals surface area contributed by atoms with Crippen LogP contribution in [0.15, 0.2) is 28.7 Å². The third-order valence-corrected chi connectivity index (χ3v) is 3.59. The van der Waals surface area contributed by atoms with Crippen LogP contribution in [0.25, 0.3) is 6.08 Å². The maximum absolute atomic E-state index is 10.6. The van der Waals surface area contributed by atoms with E-state index in [1.54, 1.807) is 6.08 Å². The molecule has 0 bridgehead atoms. The van der Waals surface area contributed by atoms with Crippen LogP contribution in [0.4, 0.5) is 5.69 Å². The largest absolute Gasteiger partial charge is 0.478 e. The Kier molecular flexibility index (Phi) is 4.42. The van der Waals surface area contributed by atoms with Crippen molar-refractivity contribution < 1.29 is 9.90 Å². The van der Waals surface area contributed by atoms with Crippen molar-refractivity contribution in [3.63, 3.8) is 0 Å². The van der Waals surface area contributed by atoms with E-state index >= 15 is 0 Å². The van der Waals surface area contributed by atoms with Crippen molar-refractivity contribution in [3.8, 4) is 0 Å². The first-order chi connectivity index (χ1) is 8.66. The summed E-state index contributed by atoms with van der Waals surface area (Å²) in [5.74, 6) is -0.917. The Balaban J connectivity index is 2.30. The highest BCUT2D eigenvalue weighted by Crippen LogP contribution is 2.28. The molecule has 1 aliphatic rings. The first-order valence-corrected chi connectivity index (χ1v) is 6.91. The zero-order chi connectivity index (χ0) is 13.0. The molecule has 1 N–H and O–H groups in total. The molecule has 1 fully saturated rings. The molecule has 1 aliphatic heterocycles. The number of hydrogen-bond acceptors (Lipinski definition) is 2. The fraction of sp³-hybridized carbons (Fsp3) is 0.357.